The third kappa shape index (κ3) is 4.65. The molecular formula is C48H38N2O. The lowest BCUT2D eigenvalue weighted by Gasteiger charge is -2.30. The molecule has 7 aromatic rings. The van der Waals surface area contributed by atoms with E-state index in [4.69, 9.17) is 4.42 Å². The number of benzene rings is 6. The van der Waals surface area contributed by atoms with Gasteiger partial charge in [-0.2, -0.15) is 0 Å². The van der Waals surface area contributed by atoms with Crippen molar-refractivity contribution in [3.05, 3.63) is 180 Å². The molecule has 0 unspecified atom stereocenters. The zero-order valence-corrected chi connectivity index (χ0v) is 28.9. The summed E-state index contributed by atoms with van der Waals surface area (Å²) >= 11 is 0. The molecule has 0 amide bonds. The number of hydrogen-bond acceptors (Lipinski definition) is 3. The minimum atomic E-state index is -0.0192. The molecule has 0 radical (unpaired) electrons. The summed E-state index contributed by atoms with van der Waals surface area (Å²) in [6.45, 7) is 5.53. The summed E-state index contributed by atoms with van der Waals surface area (Å²) < 4.78 is 6.81. The minimum absolute atomic E-state index is 0.0192. The van der Waals surface area contributed by atoms with Crippen LogP contribution in [0.5, 0.6) is 0 Å². The summed E-state index contributed by atoms with van der Waals surface area (Å²) in [4.78, 5) is 2.42. The average Bonchev–Trinajstić information content (AvgIpc) is 3.68. The van der Waals surface area contributed by atoms with Crippen LogP contribution in [0.25, 0.3) is 49.6 Å². The van der Waals surface area contributed by atoms with E-state index in [1.165, 1.54) is 44.2 Å². The first-order chi connectivity index (χ1) is 25.1. The Morgan fingerprint density at radius 2 is 1.45 bits per heavy atom. The summed E-state index contributed by atoms with van der Waals surface area (Å²) in [5.41, 5.74) is 15.7. The van der Waals surface area contributed by atoms with Gasteiger partial charge < -0.3 is 14.6 Å². The highest BCUT2D eigenvalue weighted by Crippen LogP contribution is 2.52. The maximum absolute atomic E-state index is 6.81. The molecule has 0 saturated carbocycles. The summed E-state index contributed by atoms with van der Waals surface area (Å²) in [6, 6.07) is 45.9. The zero-order chi connectivity index (χ0) is 34.1. The Labute approximate surface area is 298 Å². The number of rotatable bonds is 5. The van der Waals surface area contributed by atoms with E-state index in [1.807, 2.05) is 0 Å². The number of furan rings is 1. The van der Waals surface area contributed by atoms with E-state index in [9.17, 15) is 0 Å². The van der Waals surface area contributed by atoms with Crippen LogP contribution in [0.1, 0.15) is 48.9 Å². The molecule has 0 spiro atoms. The molecule has 6 aromatic carbocycles. The van der Waals surface area contributed by atoms with E-state index in [2.05, 4.69) is 176 Å². The van der Waals surface area contributed by atoms with Gasteiger partial charge in [0.2, 0.25) is 0 Å². The molecule has 0 bridgehead atoms. The van der Waals surface area contributed by atoms with Gasteiger partial charge in [-0.25, -0.2) is 0 Å². The van der Waals surface area contributed by atoms with Crippen LogP contribution in [0, 0.1) is 0 Å². The van der Waals surface area contributed by atoms with E-state index >= 15 is 0 Å². The monoisotopic (exact) mass is 658 g/mol. The summed E-state index contributed by atoms with van der Waals surface area (Å²) in [5.74, 6) is 0. The maximum atomic E-state index is 6.81. The van der Waals surface area contributed by atoms with Crippen molar-refractivity contribution < 1.29 is 4.42 Å². The minimum Gasteiger partial charge on any atom is -0.456 e. The molecular weight excluding hydrogens is 621 g/mol. The lowest BCUT2D eigenvalue weighted by Crippen LogP contribution is -2.19. The topological polar surface area (TPSA) is 28.4 Å². The second-order valence-electron chi connectivity index (χ2n) is 14.4. The lowest BCUT2D eigenvalue weighted by molar-refractivity contribution is 0.607. The molecule has 3 nitrogen and oxygen atoms in total. The van der Waals surface area contributed by atoms with Crippen molar-refractivity contribution >= 4 is 66.6 Å². The normalized spacial score (nSPS) is 16.2. The predicted octanol–water partition coefficient (Wildman–Crippen LogP) is 12.6. The number of hydrogen-bond donors (Lipinski definition) is 1. The highest BCUT2D eigenvalue weighted by Gasteiger charge is 2.38. The van der Waals surface area contributed by atoms with Crippen LogP contribution in [0.2, 0.25) is 0 Å². The number of nitrogens with zero attached hydrogens (tertiary/aromatic N) is 1. The molecule has 246 valence electrons. The molecule has 1 N–H and O–H groups in total. The van der Waals surface area contributed by atoms with Gasteiger partial charge in [0.1, 0.15) is 11.2 Å². The van der Waals surface area contributed by atoms with Crippen LogP contribution in [-0.2, 0) is 5.41 Å². The van der Waals surface area contributed by atoms with Crippen molar-refractivity contribution in [1.82, 2.24) is 5.32 Å². The van der Waals surface area contributed by atoms with Crippen LogP contribution in [0.15, 0.2) is 162 Å². The Balaban J connectivity index is 1.17. The van der Waals surface area contributed by atoms with Gasteiger partial charge in [0, 0.05) is 51.3 Å². The van der Waals surface area contributed by atoms with Crippen LogP contribution >= 0.6 is 0 Å². The molecule has 3 aliphatic rings. The number of para-hydroxylation sites is 1. The molecule has 3 heteroatoms. The molecule has 2 aliphatic carbocycles. The maximum Gasteiger partial charge on any atom is 0.138 e. The standard InChI is InChI=1S/C48H38N2O/c1-48(2)40-22-12-11-18-36(40)37-26-25-34(28-41(37)48)50(33-16-7-4-8-17-33)43-29-45-47(39-20-10-9-19-38(39)43)46-35(21-13-23-44(46)51-45)32-24-27-42(49-30-32)31-14-5-3-6-15-31/h3-11,13-21,23-29,49H,12,22,30H2,1-2H3. The molecule has 2 heterocycles. The molecule has 51 heavy (non-hydrogen) atoms. The summed E-state index contributed by atoms with van der Waals surface area (Å²) in [5, 5.41) is 8.37. The zero-order valence-electron chi connectivity index (χ0n) is 28.9. The van der Waals surface area contributed by atoms with Gasteiger partial charge in [-0.05, 0) is 88.0 Å². The molecule has 1 aliphatic heterocycles. The number of dihydropyridines is 1. The third-order valence-corrected chi connectivity index (χ3v) is 11.2. The first kappa shape index (κ1) is 29.8. The van der Waals surface area contributed by atoms with Crippen molar-refractivity contribution in [2.45, 2.75) is 32.1 Å². The van der Waals surface area contributed by atoms with Gasteiger partial charge in [-0.1, -0.05) is 129 Å². The Morgan fingerprint density at radius 3 is 2.25 bits per heavy atom. The average molecular weight is 659 g/mol. The number of fused-ring (bicyclic) bond motifs is 7. The van der Waals surface area contributed by atoms with E-state index in [0.717, 1.165) is 64.1 Å². The van der Waals surface area contributed by atoms with Gasteiger partial charge >= 0.3 is 0 Å². The predicted molar refractivity (Wildman–Crippen MR) is 215 cm³/mol. The SMILES string of the molecule is CC1(C)C2=C(C=CCC2)c2ccc(N(c3ccccc3)c3cc4oc5cccc(C6=CC=C(c7ccccc7)NC6)c5c4c4ccccc34)cc21. The van der Waals surface area contributed by atoms with Crippen LogP contribution in [0.3, 0.4) is 0 Å². The molecule has 0 saturated heterocycles. The van der Waals surface area contributed by atoms with Crippen LogP contribution < -0.4 is 10.2 Å². The van der Waals surface area contributed by atoms with E-state index < -0.39 is 0 Å². The Hall–Kier alpha value is -6.06. The number of nitrogens with one attached hydrogen (secondary N) is 1. The Bertz CT molecular complexity index is 2650. The van der Waals surface area contributed by atoms with Crippen molar-refractivity contribution in [3.63, 3.8) is 0 Å². The van der Waals surface area contributed by atoms with Gasteiger partial charge in [0.25, 0.3) is 0 Å². The Morgan fingerprint density at radius 1 is 0.667 bits per heavy atom. The second-order valence-corrected chi connectivity index (χ2v) is 14.4. The molecule has 0 fully saturated rings. The van der Waals surface area contributed by atoms with Crippen molar-refractivity contribution in [1.29, 1.82) is 0 Å². The Kier molecular flexibility index (Phi) is 6.72. The van der Waals surface area contributed by atoms with Gasteiger partial charge in [-0.15, -0.1) is 0 Å². The van der Waals surface area contributed by atoms with E-state index in [-0.39, 0.29) is 5.41 Å². The highest BCUT2D eigenvalue weighted by atomic mass is 16.3. The number of anilines is 3. The summed E-state index contributed by atoms with van der Waals surface area (Å²) in [7, 11) is 0. The van der Waals surface area contributed by atoms with E-state index in [0.29, 0.717) is 0 Å². The number of allylic oxidation sites excluding steroid dienone is 6. The molecule has 0 atom stereocenters. The smallest absolute Gasteiger partial charge is 0.138 e. The fourth-order valence-corrected chi connectivity index (χ4v) is 8.76. The van der Waals surface area contributed by atoms with Gasteiger partial charge in [0.05, 0.1) is 5.69 Å². The largest absolute Gasteiger partial charge is 0.456 e. The van der Waals surface area contributed by atoms with Crippen molar-refractivity contribution in [3.8, 4) is 0 Å². The second kappa shape index (κ2) is 11.5. The first-order valence-corrected chi connectivity index (χ1v) is 18.0. The molecule has 10 rings (SSSR count). The van der Waals surface area contributed by atoms with Crippen molar-refractivity contribution in [2.75, 3.05) is 11.4 Å². The molecule has 1 aromatic heterocycles. The summed E-state index contributed by atoms with van der Waals surface area (Å²) in [6.07, 6.45) is 11.4. The lowest BCUT2D eigenvalue weighted by atomic mass is 9.78. The quantitative estimate of drug-likeness (QED) is 0.199. The first-order valence-electron chi connectivity index (χ1n) is 18.0. The van der Waals surface area contributed by atoms with Gasteiger partial charge in [0.15, 0.2) is 0 Å². The van der Waals surface area contributed by atoms with Crippen molar-refractivity contribution in [2.24, 2.45) is 0 Å². The highest BCUT2D eigenvalue weighted by molar-refractivity contribution is 6.24. The van der Waals surface area contributed by atoms with Crippen LogP contribution in [-0.4, -0.2) is 6.54 Å². The van der Waals surface area contributed by atoms with Gasteiger partial charge in [-0.3, -0.25) is 0 Å². The fourth-order valence-electron chi connectivity index (χ4n) is 8.76. The van der Waals surface area contributed by atoms with Crippen LogP contribution in [0.4, 0.5) is 17.1 Å². The van der Waals surface area contributed by atoms with E-state index in [1.54, 1.807) is 5.57 Å². The third-order valence-electron chi connectivity index (χ3n) is 11.2. The fraction of sp³-hybridized carbons (Fsp3) is 0.125.